The number of hydrogen-bond acceptors (Lipinski definition) is 6. The van der Waals surface area contributed by atoms with Crippen LogP contribution in [0.25, 0.3) is 10.9 Å². The third kappa shape index (κ3) is 3.64. The smallest absolute Gasteiger partial charge is 0.229 e. The van der Waals surface area contributed by atoms with E-state index in [0.717, 1.165) is 29.4 Å². The third-order valence-electron chi connectivity index (χ3n) is 4.54. The van der Waals surface area contributed by atoms with Gasteiger partial charge in [-0.05, 0) is 23.8 Å². The normalized spacial score (nSPS) is 29.9. The van der Waals surface area contributed by atoms with Crippen LogP contribution in [0.4, 0.5) is 0 Å². The van der Waals surface area contributed by atoms with Gasteiger partial charge in [0.15, 0.2) is 0 Å². The van der Waals surface area contributed by atoms with Gasteiger partial charge in [-0.1, -0.05) is 0 Å². The fourth-order valence-corrected chi connectivity index (χ4v) is 3.04. The molecule has 0 unspecified atom stereocenters. The maximum atomic E-state index is 10.1. The number of quaternary nitrogens is 1. The SMILES string of the molecule is C[NH2+]CCc1c[nH]c2ccc(O[C@@H]3O[C@H](CO)[C@@H](O)[C@H](O)[C@H]3O)cc12. The Kier molecular flexibility index (Phi) is 5.57. The molecule has 1 aliphatic rings. The summed E-state index contributed by atoms with van der Waals surface area (Å²) < 4.78 is 11.1. The van der Waals surface area contributed by atoms with Gasteiger partial charge in [-0.15, -0.1) is 0 Å². The number of ether oxygens (including phenoxy) is 2. The van der Waals surface area contributed by atoms with Crippen LogP contribution in [0.1, 0.15) is 5.56 Å². The van der Waals surface area contributed by atoms with Gasteiger partial charge >= 0.3 is 0 Å². The number of rotatable bonds is 6. The molecule has 0 bridgehead atoms. The number of aliphatic hydroxyl groups is 4. The molecule has 7 N–H and O–H groups in total. The first kappa shape index (κ1) is 18.1. The van der Waals surface area contributed by atoms with Crippen molar-refractivity contribution in [2.75, 3.05) is 20.2 Å². The lowest BCUT2D eigenvalue weighted by Crippen LogP contribution is -2.80. The van der Waals surface area contributed by atoms with Crippen molar-refractivity contribution in [1.82, 2.24) is 4.98 Å². The van der Waals surface area contributed by atoms with E-state index in [4.69, 9.17) is 9.47 Å². The van der Waals surface area contributed by atoms with Crippen molar-refractivity contribution in [3.63, 3.8) is 0 Å². The first-order chi connectivity index (χ1) is 12.0. The van der Waals surface area contributed by atoms with Crippen LogP contribution in [-0.2, 0) is 11.2 Å². The maximum Gasteiger partial charge on any atom is 0.229 e. The molecular weight excluding hydrogens is 328 g/mol. The van der Waals surface area contributed by atoms with Crippen LogP contribution in [-0.4, -0.2) is 76.3 Å². The summed E-state index contributed by atoms with van der Waals surface area (Å²) in [5, 5.41) is 42.1. The zero-order valence-corrected chi connectivity index (χ0v) is 14.0. The van der Waals surface area contributed by atoms with E-state index in [9.17, 15) is 20.4 Å². The number of nitrogens with one attached hydrogen (secondary N) is 1. The molecule has 3 rings (SSSR count). The van der Waals surface area contributed by atoms with E-state index in [1.54, 1.807) is 6.07 Å². The van der Waals surface area contributed by atoms with Crippen LogP contribution in [0.3, 0.4) is 0 Å². The van der Waals surface area contributed by atoms with Crippen LogP contribution in [0.2, 0.25) is 0 Å². The Morgan fingerprint density at radius 1 is 1.20 bits per heavy atom. The lowest BCUT2D eigenvalue weighted by atomic mass is 9.99. The molecule has 1 aromatic heterocycles. The lowest BCUT2D eigenvalue weighted by Gasteiger charge is -2.39. The first-order valence-corrected chi connectivity index (χ1v) is 8.40. The number of likely N-dealkylation sites (N-methyl/N-ethyl adjacent to an activating group) is 1. The zero-order valence-electron chi connectivity index (χ0n) is 14.0. The van der Waals surface area contributed by atoms with Gasteiger partial charge in [-0.3, -0.25) is 0 Å². The Bertz CT molecular complexity index is 704. The van der Waals surface area contributed by atoms with Gasteiger partial charge in [0.2, 0.25) is 6.29 Å². The molecule has 8 nitrogen and oxygen atoms in total. The van der Waals surface area contributed by atoms with Gasteiger partial charge in [0.25, 0.3) is 0 Å². The summed E-state index contributed by atoms with van der Waals surface area (Å²) in [5.74, 6) is 0.471. The largest absolute Gasteiger partial charge is 0.462 e. The summed E-state index contributed by atoms with van der Waals surface area (Å²) in [7, 11) is 2.02. The van der Waals surface area contributed by atoms with Gasteiger partial charge in [-0.2, -0.15) is 0 Å². The number of fused-ring (bicyclic) bond motifs is 1. The van der Waals surface area contributed by atoms with Crippen LogP contribution >= 0.6 is 0 Å². The van der Waals surface area contributed by atoms with Crippen molar-refractivity contribution in [1.29, 1.82) is 0 Å². The fourth-order valence-electron chi connectivity index (χ4n) is 3.04. The van der Waals surface area contributed by atoms with Gasteiger partial charge in [0.1, 0.15) is 30.2 Å². The van der Waals surface area contributed by atoms with Crippen molar-refractivity contribution in [3.05, 3.63) is 30.0 Å². The highest BCUT2D eigenvalue weighted by molar-refractivity contribution is 5.84. The van der Waals surface area contributed by atoms with E-state index in [-0.39, 0.29) is 0 Å². The van der Waals surface area contributed by atoms with Gasteiger partial charge < -0.3 is 40.2 Å². The summed E-state index contributed by atoms with van der Waals surface area (Å²) in [6, 6.07) is 5.45. The molecule has 0 amide bonds. The van der Waals surface area contributed by atoms with Crippen molar-refractivity contribution < 1.29 is 35.2 Å². The van der Waals surface area contributed by atoms with Crippen LogP contribution in [0.5, 0.6) is 5.75 Å². The Hall–Kier alpha value is -1.68. The van der Waals surface area contributed by atoms with Gasteiger partial charge in [-0.25, -0.2) is 0 Å². The molecule has 0 spiro atoms. The first-order valence-electron chi connectivity index (χ1n) is 8.40. The monoisotopic (exact) mass is 353 g/mol. The molecule has 1 saturated heterocycles. The highest BCUT2D eigenvalue weighted by atomic mass is 16.7. The third-order valence-corrected chi connectivity index (χ3v) is 4.54. The van der Waals surface area contributed by atoms with Gasteiger partial charge in [0, 0.05) is 23.5 Å². The maximum absolute atomic E-state index is 10.1. The minimum Gasteiger partial charge on any atom is -0.462 e. The highest BCUT2D eigenvalue weighted by Gasteiger charge is 2.44. The summed E-state index contributed by atoms with van der Waals surface area (Å²) in [6.07, 6.45) is -3.58. The predicted molar refractivity (Wildman–Crippen MR) is 89.1 cm³/mol. The van der Waals surface area contributed by atoms with Crippen LogP contribution < -0.4 is 10.1 Å². The molecule has 0 aliphatic carbocycles. The van der Waals surface area contributed by atoms with Crippen molar-refractivity contribution in [3.8, 4) is 5.75 Å². The van der Waals surface area contributed by atoms with E-state index < -0.39 is 37.3 Å². The summed E-state index contributed by atoms with van der Waals surface area (Å²) >= 11 is 0. The number of aliphatic hydroxyl groups excluding tert-OH is 4. The Balaban J connectivity index is 1.79. The van der Waals surface area contributed by atoms with E-state index in [2.05, 4.69) is 10.3 Å². The van der Waals surface area contributed by atoms with E-state index in [1.807, 2.05) is 25.4 Å². The highest BCUT2D eigenvalue weighted by Crippen LogP contribution is 2.28. The minimum absolute atomic E-state index is 0.471. The fraction of sp³-hybridized carbons (Fsp3) is 0.529. The second-order valence-electron chi connectivity index (χ2n) is 6.28. The second-order valence-corrected chi connectivity index (χ2v) is 6.28. The Morgan fingerprint density at radius 2 is 2.00 bits per heavy atom. The molecule has 0 saturated carbocycles. The van der Waals surface area contributed by atoms with Crippen molar-refractivity contribution in [2.45, 2.75) is 37.1 Å². The standard InChI is InChI=1S/C17H24N2O6/c1-18-5-4-9-7-19-12-3-2-10(6-11(9)12)24-17-16(23)15(22)14(21)13(8-20)25-17/h2-3,6-7,13-23H,4-5,8H2,1H3/p+1/t13-,14-,15+,16-,17-/m1/s1. The number of benzene rings is 1. The zero-order chi connectivity index (χ0) is 18.0. The number of H-pyrrole nitrogens is 1. The van der Waals surface area contributed by atoms with Crippen molar-refractivity contribution >= 4 is 10.9 Å². The second kappa shape index (κ2) is 7.69. The molecule has 1 fully saturated rings. The minimum atomic E-state index is -1.46. The topological polar surface area (TPSA) is 132 Å². The predicted octanol–water partition coefficient (Wildman–Crippen LogP) is -1.92. The lowest BCUT2D eigenvalue weighted by molar-refractivity contribution is -0.626. The Labute approximate surface area is 145 Å². The van der Waals surface area contributed by atoms with E-state index in [0.29, 0.717) is 5.75 Å². The molecule has 25 heavy (non-hydrogen) atoms. The molecule has 2 heterocycles. The summed E-state index contributed by atoms with van der Waals surface area (Å²) in [4.78, 5) is 3.21. The number of nitrogens with two attached hydrogens (primary N) is 1. The number of aromatic nitrogens is 1. The molecule has 0 radical (unpaired) electrons. The quantitative estimate of drug-likeness (QED) is 0.359. The number of aromatic amines is 1. The van der Waals surface area contributed by atoms with E-state index >= 15 is 0 Å². The van der Waals surface area contributed by atoms with Crippen molar-refractivity contribution in [2.24, 2.45) is 0 Å². The average molecular weight is 353 g/mol. The molecule has 8 heteroatoms. The molecule has 138 valence electrons. The average Bonchev–Trinajstić information content (AvgIpc) is 3.02. The summed E-state index contributed by atoms with van der Waals surface area (Å²) in [5.41, 5.74) is 2.14. The number of hydrogen-bond donors (Lipinski definition) is 6. The van der Waals surface area contributed by atoms with E-state index in [1.165, 1.54) is 0 Å². The summed E-state index contributed by atoms with van der Waals surface area (Å²) in [6.45, 7) is 0.476. The molecule has 1 aliphatic heterocycles. The van der Waals surface area contributed by atoms with Crippen LogP contribution in [0.15, 0.2) is 24.4 Å². The van der Waals surface area contributed by atoms with Crippen LogP contribution in [0, 0.1) is 0 Å². The Morgan fingerprint density at radius 3 is 2.72 bits per heavy atom. The molecule has 2 aromatic rings. The molecule has 1 aromatic carbocycles. The molecule has 5 atom stereocenters. The molecular formula is C17H25N2O6+. The van der Waals surface area contributed by atoms with Gasteiger partial charge in [0.05, 0.1) is 20.2 Å².